The Morgan fingerprint density at radius 2 is 1.96 bits per heavy atom. The van der Waals surface area contributed by atoms with Crippen molar-refractivity contribution >= 4 is 23.4 Å². The molecule has 4 rings (SSSR count). The zero-order chi connectivity index (χ0) is 18.1. The second-order valence-electron chi connectivity index (χ2n) is 6.84. The molecule has 1 atom stereocenters. The van der Waals surface area contributed by atoms with Gasteiger partial charge in [0.05, 0.1) is 18.5 Å². The molecule has 2 aromatic carbocycles. The van der Waals surface area contributed by atoms with Crippen molar-refractivity contribution in [2.24, 2.45) is 0 Å². The maximum Gasteiger partial charge on any atom is 0.317 e. The molecular weight excluding hydrogens is 352 g/mol. The number of nitrogens with one attached hydrogen (secondary N) is 1. The molecular formula is C20H19ClN2O3. The predicted octanol–water partition coefficient (Wildman–Crippen LogP) is 3.66. The van der Waals surface area contributed by atoms with E-state index in [-0.39, 0.29) is 11.8 Å². The Morgan fingerprint density at radius 3 is 2.77 bits per heavy atom. The summed E-state index contributed by atoms with van der Waals surface area (Å²) in [6.45, 7) is 1.42. The molecule has 1 unspecified atom stereocenters. The molecule has 134 valence electrons. The van der Waals surface area contributed by atoms with E-state index in [0.29, 0.717) is 48.8 Å². The minimum atomic E-state index is -0.608. The average Bonchev–Trinajstić information content (AvgIpc) is 3.04. The Balaban J connectivity index is 1.40. The van der Waals surface area contributed by atoms with Crippen LogP contribution in [0.15, 0.2) is 48.5 Å². The number of ether oxygens (including phenoxy) is 1. The molecule has 2 heterocycles. The summed E-state index contributed by atoms with van der Waals surface area (Å²) in [5.41, 5.74) is 1.00. The lowest BCUT2D eigenvalue weighted by Crippen LogP contribution is -2.47. The van der Waals surface area contributed by atoms with Gasteiger partial charge in [0.25, 0.3) is 0 Å². The highest BCUT2D eigenvalue weighted by molar-refractivity contribution is 6.30. The van der Waals surface area contributed by atoms with Crippen molar-refractivity contribution in [3.63, 3.8) is 0 Å². The van der Waals surface area contributed by atoms with E-state index in [4.69, 9.17) is 16.3 Å². The SMILES string of the molecule is O=C1CC2(CCN(C(=O)NCc3ccc(Cl)cc3)C2)Oc2ccccc21. The Morgan fingerprint density at radius 1 is 1.19 bits per heavy atom. The number of halogens is 1. The summed E-state index contributed by atoms with van der Waals surface area (Å²) in [6, 6.07) is 14.5. The number of ketones is 1. The lowest BCUT2D eigenvalue weighted by Gasteiger charge is -2.34. The normalized spacial score (nSPS) is 21.4. The van der Waals surface area contributed by atoms with Gasteiger partial charge < -0.3 is 15.0 Å². The minimum Gasteiger partial charge on any atom is -0.484 e. The summed E-state index contributed by atoms with van der Waals surface area (Å²) < 4.78 is 6.15. The molecule has 0 aliphatic carbocycles. The first-order valence-electron chi connectivity index (χ1n) is 8.63. The van der Waals surface area contributed by atoms with E-state index in [0.717, 1.165) is 5.56 Å². The van der Waals surface area contributed by atoms with Crippen molar-refractivity contribution in [2.75, 3.05) is 13.1 Å². The average molecular weight is 371 g/mol. The van der Waals surface area contributed by atoms with Crippen LogP contribution in [0.4, 0.5) is 4.79 Å². The summed E-state index contributed by atoms with van der Waals surface area (Å²) in [7, 11) is 0. The van der Waals surface area contributed by atoms with Gasteiger partial charge in [0.2, 0.25) is 0 Å². The summed E-state index contributed by atoms with van der Waals surface area (Å²) >= 11 is 5.87. The van der Waals surface area contributed by atoms with Crippen molar-refractivity contribution in [3.05, 3.63) is 64.7 Å². The number of likely N-dealkylation sites (tertiary alicyclic amines) is 1. The van der Waals surface area contributed by atoms with Crippen LogP contribution in [0.25, 0.3) is 0 Å². The Labute approximate surface area is 156 Å². The van der Waals surface area contributed by atoms with Gasteiger partial charge >= 0.3 is 6.03 Å². The summed E-state index contributed by atoms with van der Waals surface area (Å²) in [5, 5.41) is 3.58. The highest BCUT2D eigenvalue weighted by Crippen LogP contribution is 2.38. The molecule has 1 saturated heterocycles. The third-order valence-corrected chi connectivity index (χ3v) is 5.21. The maximum atomic E-state index is 12.5. The maximum absolute atomic E-state index is 12.5. The van der Waals surface area contributed by atoms with Gasteiger partial charge in [0, 0.05) is 24.5 Å². The molecule has 5 nitrogen and oxygen atoms in total. The summed E-state index contributed by atoms with van der Waals surface area (Å²) in [6.07, 6.45) is 0.965. The number of Topliss-reactive ketones (excluding diaryl/α,β-unsaturated/α-hetero) is 1. The van der Waals surface area contributed by atoms with Crippen LogP contribution in [0.5, 0.6) is 5.75 Å². The smallest absolute Gasteiger partial charge is 0.317 e. The van der Waals surface area contributed by atoms with Crippen molar-refractivity contribution < 1.29 is 14.3 Å². The molecule has 2 aliphatic rings. The van der Waals surface area contributed by atoms with E-state index in [1.54, 1.807) is 23.1 Å². The van der Waals surface area contributed by atoms with Crippen LogP contribution in [0, 0.1) is 0 Å². The van der Waals surface area contributed by atoms with Crippen LogP contribution >= 0.6 is 11.6 Å². The molecule has 6 heteroatoms. The van der Waals surface area contributed by atoms with E-state index in [1.807, 2.05) is 30.3 Å². The third-order valence-electron chi connectivity index (χ3n) is 4.96. The summed E-state index contributed by atoms with van der Waals surface area (Å²) in [4.78, 5) is 26.7. The van der Waals surface area contributed by atoms with E-state index < -0.39 is 5.60 Å². The standard InChI is InChI=1S/C20H19ClN2O3/c21-15-7-5-14(6-8-15)12-22-19(25)23-10-9-20(13-23)11-17(24)16-3-1-2-4-18(16)26-20/h1-8H,9-13H2,(H,22,25). The molecule has 26 heavy (non-hydrogen) atoms. The quantitative estimate of drug-likeness (QED) is 0.877. The molecule has 1 fully saturated rings. The molecule has 0 saturated carbocycles. The number of carbonyl (C=O) groups is 2. The predicted molar refractivity (Wildman–Crippen MR) is 98.6 cm³/mol. The van der Waals surface area contributed by atoms with Crippen LogP contribution in [-0.4, -0.2) is 35.4 Å². The van der Waals surface area contributed by atoms with E-state index >= 15 is 0 Å². The van der Waals surface area contributed by atoms with Gasteiger partial charge in [-0.25, -0.2) is 4.79 Å². The van der Waals surface area contributed by atoms with Crippen LogP contribution in [-0.2, 0) is 6.54 Å². The lowest BCUT2D eigenvalue weighted by atomic mass is 9.89. The van der Waals surface area contributed by atoms with Crippen molar-refractivity contribution in [1.82, 2.24) is 10.2 Å². The van der Waals surface area contributed by atoms with Gasteiger partial charge in [-0.2, -0.15) is 0 Å². The lowest BCUT2D eigenvalue weighted by molar-refractivity contribution is 0.0478. The van der Waals surface area contributed by atoms with Crippen molar-refractivity contribution in [1.29, 1.82) is 0 Å². The molecule has 0 radical (unpaired) electrons. The Bertz CT molecular complexity index is 852. The fourth-order valence-corrected chi connectivity index (χ4v) is 3.71. The minimum absolute atomic E-state index is 0.0790. The fraction of sp³-hybridized carbons (Fsp3) is 0.300. The molecule has 2 aromatic rings. The van der Waals surface area contributed by atoms with E-state index in [1.165, 1.54) is 0 Å². The highest BCUT2D eigenvalue weighted by atomic mass is 35.5. The number of carbonyl (C=O) groups excluding carboxylic acids is 2. The van der Waals surface area contributed by atoms with Gasteiger partial charge in [-0.1, -0.05) is 35.9 Å². The zero-order valence-electron chi connectivity index (χ0n) is 14.2. The third kappa shape index (κ3) is 3.27. The number of hydrogen-bond acceptors (Lipinski definition) is 3. The van der Waals surface area contributed by atoms with Crippen LogP contribution in [0.3, 0.4) is 0 Å². The molecule has 2 aliphatic heterocycles. The van der Waals surface area contributed by atoms with Gasteiger partial charge in [0.1, 0.15) is 11.4 Å². The first kappa shape index (κ1) is 16.9. The number of nitrogens with zero attached hydrogens (tertiary/aromatic N) is 1. The first-order valence-corrected chi connectivity index (χ1v) is 9.01. The molecule has 1 spiro atoms. The largest absolute Gasteiger partial charge is 0.484 e. The molecule has 0 bridgehead atoms. The van der Waals surface area contributed by atoms with Gasteiger partial charge in [-0.05, 0) is 29.8 Å². The number of para-hydroxylation sites is 1. The number of hydrogen-bond donors (Lipinski definition) is 1. The topological polar surface area (TPSA) is 58.6 Å². The van der Waals surface area contributed by atoms with Crippen LogP contribution in [0.1, 0.15) is 28.8 Å². The van der Waals surface area contributed by atoms with Gasteiger partial charge in [-0.15, -0.1) is 0 Å². The van der Waals surface area contributed by atoms with E-state index in [9.17, 15) is 9.59 Å². The van der Waals surface area contributed by atoms with Crippen LogP contribution < -0.4 is 10.1 Å². The number of fused-ring (bicyclic) bond motifs is 1. The number of benzene rings is 2. The zero-order valence-corrected chi connectivity index (χ0v) is 15.0. The number of amides is 2. The second-order valence-corrected chi connectivity index (χ2v) is 7.27. The molecule has 1 N–H and O–H groups in total. The summed E-state index contributed by atoms with van der Waals surface area (Å²) in [5.74, 6) is 0.697. The second kappa shape index (κ2) is 6.65. The van der Waals surface area contributed by atoms with Crippen molar-refractivity contribution in [3.8, 4) is 5.75 Å². The number of rotatable bonds is 2. The first-order chi connectivity index (χ1) is 12.5. The number of urea groups is 1. The van der Waals surface area contributed by atoms with Gasteiger partial charge in [-0.3, -0.25) is 4.79 Å². The van der Waals surface area contributed by atoms with Crippen LogP contribution in [0.2, 0.25) is 5.02 Å². The Hall–Kier alpha value is -2.53. The molecule has 2 amide bonds. The van der Waals surface area contributed by atoms with Crippen molar-refractivity contribution in [2.45, 2.75) is 25.0 Å². The monoisotopic (exact) mass is 370 g/mol. The molecule has 0 aromatic heterocycles. The van der Waals surface area contributed by atoms with E-state index in [2.05, 4.69) is 5.32 Å². The fourth-order valence-electron chi connectivity index (χ4n) is 3.58. The highest BCUT2D eigenvalue weighted by Gasteiger charge is 2.46. The Kier molecular flexibility index (Phi) is 4.32. The van der Waals surface area contributed by atoms with Gasteiger partial charge in [0.15, 0.2) is 5.78 Å².